The third-order valence-corrected chi connectivity index (χ3v) is 8.95. The van der Waals surface area contributed by atoms with E-state index in [-0.39, 0.29) is 29.3 Å². The third kappa shape index (κ3) is 1.74. The summed E-state index contributed by atoms with van der Waals surface area (Å²) >= 11 is 0. The molecule has 0 aromatic rings. The van der Waals surface area contributed by atoms with Crippen molar-refractivity contribution >= 4 is 0 Å². The fraction of sp³-hybridized carbons (Fsp3) is 0.900. The molecule has 4 heteroatoms. The minimum absolute atomic E-state index is 0.00261. The van der Waals surface area contributed by atoms with Gasteiger partial charge in [-0.1, -0.05) is 19.9 Å². The molecule has 2 bridgehead atoms. The number of rotatable bonds is 1. The summed E-state index contributed by atoms with van der Waals surface area (Å²) in [5.74, 6) is 0.108. The predicted molar refractivity (Wildman–Crippen MR) is 91.1 cm³/mol. The normalized spacial score (nSPS) is 59.5. The molecule has 0 heterocycles. The van der Waals surface area contributed by atoms with Crippen LogP contribution in [0.2, 0.25) is 0 Å². The highest BCUT2D eigenvalue weighted by molar-refractivity contribution is 5.37. The Kier molecular flexibility index (Phi) is 3.44. The van der Waals surface area contributed by atoms with Gasteiger partial charge >= 0.3 is 0 Å². The highest BCUT2D eigenvalue weighted by Crippen LogP contribution is 2.73. The average Bonchev–Trinajstić information content (AvgIpc) is 2.81. The van der Waals surface area contributed by atoms with E-state index in [2.05, 4.69) is 13.0 Å². The lowest BCUT2D eigenvalue weighted by Gasteiger charge is -2.64. The van der Waals surface area contributed by atoms with Gasteiger partial charge in [-0.05, 0) is 62.4 Å². The Morgan fingerprint density at radius 2 is 1.83 bits per heavy atom. The largest absolute Gasteiger partial charge is 0.396 e. The number of allylic oxidation sites excluding steroid dienone is 1. The van der Waals surface area contributed by atoms with Crippen molar-refractivity contribution in [3.05, 3.63) is 11.6 Å². The summed E-state index contributed by atoms with van der Waals surface area (Å²) in [5.41, 5.74) is -0.282. The molecule has 4 nitrogen and oxygen atoms in total. The number of fused-ring (bicyclic) bond motifs is 2. The molecule has 24 heavy (non-hydrogen) atoms. The van der Waals surface area contributed by atoms with Crippen LogP contribution in [0.5, 0.6) is 0 Å². The van der Waals surface area contributed by atoms with E-state index in [9.17, 15) is 20.4 Å². The smallest absolute Gasteiger partial charge is 0.0811 e. The van der Waals surface area contributed by atoms with Crippen molar-refractivity contribution in [2.45, 2.75) is 77.1 Å². The molecule has 3 fully saturated rings. The van der Waals surface area contributed by atoms with Gasteiger partial charge in [-0.3, -0.25) is 0 Å². The van der Waals surface area contributed by atoms with Gasteiger partial charge in [0.1, 0.15) is 0 Å². The van der Waals surface area contributed by atoms with E-state index in [4.69, 9.17) is 0 Å². The molecule has 0 radical (unpaired) electrons. The molecule has 0 amide bonds. The second kappa shape index (κ2) is 4.85. The van der Waals surface area contributed by atoms with E-state index < -0.39 is 23.2 Å². The molecule has 4 aliphatic rings. The standard InChI is InChI=1S/C20H32O4/c1-17(11-21)14-5-4-12-16(23)13-10-20(12,9-8-19(13,3)24)18(14,2)7-6-15(17)22/h4,13-16,21-24H,5-11H2,1-3H3. The molecule has 8 atom stereocenters. The van der Waals surface area contributed by atoms with Crippen LogP contribution in [-0.2, 0) is 0 Å². The van der Waals surface area contributed by atoms with Crippen LogP contribution >= 0.6 is 0 Å². The first kappa shape index (κ1) is 17.0. The molecule has 0 aliphatic heterocycles. The van der Waals surface area contributed by atoms with Crippen LogP contribution < -0.4 is 0 Å². The topological polar surface area (TPSA) is 80.9 Å². The van der Waals surface area contributed by atoms with E-state index in [1.807, 2.05) is 13.8 Å². The van der Waals surface area contributed by atoms with Crippen LogP contribution in [0.1, 0.15) is 59.3 Å². The van der Waals surface area contributed by atoms with E-state index in [0.717, 1.165) is 31.3 Å². The minimum Gasteiger partial charge on any atom is -0.396 e. The summed E-state index contributed by atoms with van der Waals surface area (Å²) in [6, 6.07) is 0. The molecule has 0 aromatic heterocycles. The first-order chi connectivity index (χ1) is 11.1. The summed E-state index contributed by atoms with van der Waals surface area (Å²) < 4.78 is 0. The van der Waals surface area contributed by atoms with Gasteiger partial charge in [0, 0.05) is 16.7 Å². The van der Waals surface area contributed by atoms with Crippen molar-refractivity contribution < 1.29 is 20.4 Å². The molecule has 8 unspecified atom stereocenters. The summed E-state index contributed by atoms with van der Waals surface area (Å²) in [6.45, 7) is 6.21. The van der Waals surface area contributed by atoms with E-state index in [1.54, 1.807) is 0 Å². The van der Waals surface area contributed by atoms with E-state index in [1.165, 1.54) is 0 Å². The number of aliphatic hydroxyl groups is 4. The van der Waals surface area contributed by atoms with Gasteiger partial charge in [-0.25, -0.2) is 0 Å². The molecule has 3 saturated carbocycles. The highest BCUT2D eigenvalue weighted by Gasteiger charge is 2.70. The maximum absolute atomic E-state index is 10.9. The second-order valence-corrected chi connectivity index (χ2v) is 9.78. The Morgan fingerprint density at radius 1 is 1.12 bits per heavy atom. The van der Waals surface area contributed by atoms with Gasteiger partial charge in [0.25, 0.3) is 0 Å². The first-order valence-corrected chi connectivity index (χ1v) is 9.52. The Bertz CT molecular complexity index is 584. The van der Waals surface area contributed by atoms with Crippen LogP contribution in [0, 0.1) is 28.1 Å². The van der Waals surface area contributed by atoms with Crippen LogP contribution in [0.25, 0.3) is 0 Å². The van der Waals surface area contributed by atoms with Crippen molar-refractivity contribution in [2.75, 3.05) is 6.61 Å². The molecule has 1 spiro atoms. The van der Waals surface area contributed by atoms with Gasteiger partial charge in [-0.2, -0.15) is 0 Å². The lowest BCUT2D eigenvalue weighted by molar-refractivity contribution is -0.179. The van der Waals surface area contributed by atoms with Gasteiger partial charge in [0.15, 0.2) is 0 Å². The third-order valence-electron chi connectivity index (χ3n) is 8.95. The van der Waals surface area contributed by atoms with Gasteiger partial charge < -0.3 is 20.4 Å². The number of hydrogen-bond acceptors (Lipinski definition) is 4. The van der Waals surface area contributed by atoms with E-state index >= 15 is 0 Å². The zero-order chi connectivity index (χ0) is 17.5. The monoisotopic (exact) mass is 336 g/mol. The van der Waals surface area contributed by atoms with Crippen molar-refractivity contribution in [1.29, 1.82) is 0 Å². The fourth-order valence-electron chi connectivity index (χ4n) is 7.19. The maximum Gasteiger partial charge on any atom is 0.0811 e. The Balaban J connectivity index is 1.84. The second-order valence-electron chi connectivity index (χ2n) is 9.78. The van der Waals surface area contributed by atoms with Crippen molar-refractivity contribution in [3.63, 3.8) is 0 Å². The van der Waals surface area contributed by atoms with Crippen LogP contribution in [0.15, 0.2) is 11.6 Å². The fourth-order valence-corrected chi connectivity index (χ4v) is 7.19. The van der Waals surface area contributed by atoms with Crippen LogP contribution in [0.4, 0.5) is 0 Å². The number of aliphatic hydroxyl groups excluding tert-OH is 3. The van der Waals surface area contributed by atoms with Crippen molar-refractivity contribution in [3.8, 4) is 0 Å². The molecular formula is C20H32O4. The average molecular weight is 336 g/mol. The molecular weight excluding hydrogens is 304 g/mol. The first-order valence-electron chi connectivity index (χ1n) is 9.52. The maximum atomic E-state index is 10.9. The van der Waals surface area contributed by atoms with Gasteiger partial charge in [0.05, 0.1) is 24.4 Å². The highest BCUT2D eigenvalue weighted by atomic mass is 16.3. The minimum atomic E-state index is -0.802. The van der Waals surface area contributed by atoms with Gasteiger partial charge in [0.2, 0.25) is 0 Å². The Labute approximate surface area is 144 Å². The summed E-state index contributed by atoms with van der Waals surface area (Å²) in [4.78, 5) is 0. The Hall–Kier alpha value is -0.420. The molecule has 0 aromatic carbocycles. The van der Waals surface area contributed by atoms with E-state index in [0.29, 0.717) is 12.8 Å². The molecule has 4 aliphatic carbocycles. The summed E-state index contributed by atoms with van der Waals surface area (Å²) in [7, 11) is 0. The molecule has 4 N–H and O–H groups in total. The molecule has 136 valence electrons. The quantitative estimate of drug-likeness (QED) is 0.552. The van der Waals surface area contributed by atoms with Crippen LogP contribution in [0.3, 0.4) is 0 Å². The zero-order valence-corrected chi connectivity index (χ0v) is 15.1. The van der Waals surface area contributed by atoms with Crippen molar-refractivity contribution in [1.82, 2.24) is 0 Å². The lowest BCUT2D eigenvalue weighted by atomic mass is 9.41. The summed E-state index contributed by atoms with van der Waals surface area (Å²) in [5, 5.41) is 42.4. The molecule has 4 rings (SSSR count). The SMILES string of the molecule is CC1(O)CCC23CC1C(O)C2=CCC1C(C)(CO)C(O)CCC13C. The Morgan fingerprint density at radius 3 is 2.50 bits per heavy atom. The zero-order valence-electron chi connectivity index (χ0n) is 15.1. The van der Waals surface area contributed by atoms with Gasteiger partial charge in [-0.15, -0.1) is 0 Å². The van der Waals surface area contributed by atoms with Crippen molar-refractivity contribution in [2.24, 2.45) is 28.1 Å². The van der Waals surface area contributed by atoms with Crippen LogP contribution in [-0.4, -0.2) is 44.8 Å². The summed E-state index contributed by atoms with van der Waals surface area (Å²) in [6.07, 6.45) is 6.03. The number of hydrogen-bond donors (Lipinski definition) is 4. The molecule has 0 saturated heterocycles. The lowest BCUT2D eigenvalue weighted by Crippen LogP contribution is -2.61. The predicted octanol–water partition coefficient (Wildman–Crippen LogP) is 2.00.